The van der Waals surface area contributed by atoms with E-state index in [0.29, 0.717) is 60.1 Å². The van der Waals surface area contributed by atoms with Gasteiger partial charge < -0.3 is 20.3 Å². The van der Waals surface area contributed by atoms with Crippen LogP contribution < -0.4 is 10.7 Å². The zero-order chi connectivity index (χ0) is 23.8. The highest BCUT2D eigenvalue weighted by Gasteiger charge is 2.37. The minimum absolute atomic E-state index is 0.0390. The van der Waals surface area contributed by atoms with Crippen molar-refractivity contribution in [1.29, 1.82) is 0 Å². The predicted molar refractivity (Wildman–Crippen MR) is 120 cm³/mol. The number of carbonyl (C=O) groups is 3. The average molecular weight is 463 g/mol. The molecular formula is C23H21N5O6. The Hall–Kier alpha value is -4.22. The van der Waals surface area contributed by atoms with E-state index in [0.717, 1.165) is 0 Å². The number of carboxylic acid groups (broad SMARTS) is 1. The van der Waals surface area contributed by atoms with Gasteiger partial charge in [0.2, 0.25) is 0 Å². The Morgan fingerprint density at radius 2 is 1.79 bits per heavy atom. The number of hydrazine groups is 1. The molecule has 1 aliphatic heterocycles. The smallest absolute Gasteiger partial charge is 0.333 e. The molecule has 1 saturated heterocycles. The number of carboxylic acids is 1. The van der Waals surface area contributed by atoms with Crippen LogP contribution in [0.25, 0.3) is 22.5 Å². The summed E-state index contributed by atoms with van der Waals surface area (Å²) in [4.78, 5) is 37.6. The first-order chi connectivity index (χ1) is 16.4. The molecule has 3 aromatic rings. The second-order valence-corrected chi connectivity index (χ2v) is 7.89. The van der Waals surface area contributed by atoms with E-state index in [2.05, 4.69) is 15.8 Å². The molecule has 34 heavy (non-hydrogen) atoms. The molecule has 1 aromatic heterocycles. The van der Waals surface area contributed by atoms with Crippen LogP contribution in [0.15, 0.2) is 42.5 Å². The summed E-state index contributed by atoms with van der Waals surface area (Å²) in [5.41, 5.74) is 5.34. The fourth-order valence-corrected chi connectivity index (χ4v) is 4.21. The lowest BCUT2D eigenvalue weighted by Gasteiger charge is -2.27. The molecule has 11 heteroatoms. The largest absolute Gasteiger partial charge is 0.508 e. The van der Waals surface area contributed by atoms with Gasteiger partial charge in [-0.25, -0.2) is 9.80 Å². The summed E-state index contributed by atoms with van der Waals surface area (Å²) >= 11 is 0. The summed E-state index contributed by atoms with van der Waals surface area (Å²) in [6.45, 7) is 1.70. The van der Waals surface area contributed by atoms with Gasteiger partial charge in [-0.2, -0.15) is 5.10 Å². The third-order valence-corrected chi connectivity index (χ3v) is 5.67. The van der Waals surface area contributed by atoms with E-state index >= 15 is 0 Å². The molecular weight excluding hydrogens is 442 g/mol. The number of aromatic nitrogens is 2. The number of phenols is 1. The highest BCUT2D eigenvalue weighted by atomic mass is 16.5. The molecule has 4 N–H and O–H groups in total. The van der Waals surface area contributed by atoms with Crippen LogP contribution in [0.4, 0.5) is 10.5 Å². The number of ether oxygens (including phenoxy) is 1. The molecule has 2 amide bonds. The van der Waals surface area contributed by atoms with Crippen molar-refractivity contribution >= 4 is 23.5 Å². The minimum Gasteiger partial charge on any atom is -0.508 e. The van der Waals surface area contributed by atoms with Gasteiger partial charge in [0.1, 0.15) is 18.0 Å². The lowest BCUT2D eigenvalue weighted by molar-refractivity contribution is -0.137. The number of nitrogens with one attached hydrogen (secondary N) is 2. The molecule has 0 bridgehead atoms. The number of aromatic hydroxyl groups is 1. The summed E-state index contributed by atoms with van der Waals surface area (Å²) in [6.07, 6.45) is 0. The first-order valence-corrected chi connectivity index (χ1v) is 10.6. The number of phenolic OH excluding ortho intramolecular Hbond substituents is 1. The summed E-state index contributed by atoms with van der Waals surface area (Å²) in [5.74, 6) is -1.44. The van der Waals surface area contributed by atoms with E-state index in [1.807, 2.05) is 0 Å². The van der Waals surface area contributed by atoms with Crippen LogP contribution in [-0.2, 0) is 16.1 Å². The van der Waals surface area contributed by atoms with Crippen molar-refractivity contribution in [2.24, 2.45) is 0 Å². The van der Waals surface area contributed by atoms with Crippen LogP contribution in [0.3, 0.4) is 0 Å². The summed E-state index contributed by atoms with van der Waals surface area (Å²) in [6, 6.07) is 10.6. The van der Waals surface area contributed by atoms with Crippen molar-refractivity contribution in [1.82, 2.24) is 20.2 Å². The van der Waals surface area contributed by atoms with Crippen molar-refractivity contribution in [3.63, 3.8) is 0 Å². The van der Waals surface area contributed by atoms with Crippen LogP contribution in [0.5, 0.6) is 5.75 Å². The van der Waals surface area contributed by atoms with E-state index < -0.39 is 18.5 Å². The monoisotopic (exact) mass is 463 g/mol. The second kappa shape index (κ2) is 8.61. The number of benzene rings is 2. The molecule has 0 unspecified atom stereocenters. The molecule has 0 spiro atoms. The van der Waals surface area contributed by atoms with Gasteiger partial charge in [-0.3, -0.25) is 19.7 Å². The van der Waals surface area contributed by atoms with E-state index in [1.54, 1.807) is 35.3 Å². The Balaban J connectivity index is 1.52. The van der Waals surface area contributed by atoms with Crippen molar-refractivity contribution in [2.45, 2.75) is 6.54 Å². The first-order valence-electron chi connectivity index (χ1n) is 10.6. The summed E-state index contributed by atoms with van der Waals surface area (Å²) in [7, 11) is 0. The predicted octanol–water partition coefficient (Wildman–Crippen LogP) is 1.92. The number of amides is 2. The number of carbonyl (C=O) groups excluding carboxylic acids is 2. The Bertz CT molecular complexity index is 1290. The van der Waals surface area contributed by atoms with E-state index in [4.69, 9.17) is 4.74 Å². The maximum Gasteiger partial charge on any atom is 0.333 e. The van der Waals surface area contributed by atoms with Gasteiger partial charge in [0.05, 0.1) is 35.7 Å². The SMILES string of the molecule is O=C(O)Cn1nc2c(c1-c1ccc(O)cc1)C(=O)c1c(NC(=O)NN3CCOCC3)cccc1-2. The highest BCUT2D eigenvalue weighted by Crippen LogP contribution is 2.44. The number of hydrogen-bond acceptors (Lipinski definition) is 7. The quantitative estimate of drug-likeness (QED) is 0.351. The molecule has 1 fully saturated rings. The van der Waals surface area contributed by atoms with Crippen molar-refractivity contribution in [3.8, 4) is 28.3 Å². The molecule has 2 aliphatic rings. The Morgan fingerprint density at radius 1 is 1.06 bits per heavy atom. The molecule has 0 saturated carbocycles. The number of nitrogens with zero attached hydrogens (tertiary/aromatic N) is 3. The Kier molecular flexibility index (Phi) is 5.48. The number of morpholine rings is 1. The van der Waals surface area contributed by atoms with E-state index in [1.165, 1.54) is 16.8 Å². The summed E-state index contributed by atoms with van der Waals surface area (Å²) < 4.78 is 6.54. The van der Waals surface area contributed by atoms with Gasteiger partial charge in [-0.1, -0.05) is 12.1 Å². The molecule has 11 nitrogen and oxygen atoms in total. The highest BCUT2D eigenvalue weighted by molar-refractivity contribution is 6.27. The fourth-order valence-electron chi connectivity index (χ4n) is 4.21. The molecule has 1 aliphatic carbocycles. The van der Waals surface area contributed by atoms with Gasteiger partial charge >= 0.3 is 12.0 Å². The maximum atomic E-state index is 13.6. The van der Waals surface area contributed by atoms with Gasteiger partial charge in [0, 0.05) is 24.2 Å². The lowest BCUT2D eigenvalue weighted by atomic mass is 10.0. The third-order valence-electron chi connectivity index (χ3n) is 5.67. The van der Waals surface area contributed by atoms with E-state index in [9.17, 15) is 24.6 Å². The zero-order valence-corrected chi connectivity index (χ0v) is 17.9. The van der Waals surface area contributed by atoms with Crippen molar-refractivity contribution in [3.05, 3.63) is 53.6 Å². The second-order valence-electron chi connectivity index (χ2n) is 7.89. The topological polar surface area (TPSA) is 146 Å². The van der Waals surface area contributed by atoms with Crippen molar-refractivity contribution < 1.29 is 29.3 Å². The molecule has 2 aromatic carbocycles. The molecule has 0 atom stereocenters. The minimum atomic E-state index is -1.11. The lowest BCUT2D eigenvalue weighted by Crippen LogP contribution is -2.49. The van der Waals surface area contributed by atoms with Crippen LogP contribution in [0, 0.1) is 0 Å². The molecule has 0 radical (unpaired) electrons. The number of anilines is 1. The molecule has 2 heterocycles. The Labute approximate surface area is 193 Å². The summed E-state index contributed by atoms with van der Waals surface area (Å²) in [5, 5.41) is 27.9. The fraction of sp³-hybridized carbons (Fsp3) is 0.217. The first kappa shape index (κ1) is 21.6. The van der Waals surface area contributed by atoms with Crippen LogP contribution in [-0.4, -0.2) is 69.1 Å². The van der Waals surface area contributed by atoms with Crippen LogP contribution in [0.1, 0.15) is 15.9 Å². The number of urea groups is 1. The zero-order valence-electron chi connectivity index (χ0n) is 17.9. The van der Waals surface area contributed by atoms with Gasteiger partial charge in [0.15, 0.2) is 5.78 Å². The van der Waals surface area contributed by atoms with Gasteiger partial charge in [-0.05, 0) is 30.3 Å². The maximum absolute atomic E-state index is 13.6. The number of ketones is 1. The number of rotatable bonds is 5. The number of aliphatic carboxylic acids is 1. The van der Waals surface area contributed by atoms with E-state index in [-0.39, 0.29) is 17.1 Å². The third kappa shape index (κ3) is 3.87. The van der Waals surface area contributed by atoms with Gasteiger partial charge in [-0.15, -0.1) is 0 Å². The number of hydrogen-bond donors (Lipinski definition) is 4. The molecule has 5 rings (SSSR count). The molecule has 174 valence electrons. The Morgan fingerprint density at radius 3 is 2.50 bits per heavy atom. The van der Waals surface area contributed by atoms with Crippen molar-refractivity contribution in [2.75, 3.05) is 31.6 Å². The average Bonchev–Trinajstić information content (AvgIpc) is 3.30. The van der Waals surface area contributed by atoms with Gasteiger partial charge in [0.25, 0.3) is 0 Å². The standard InChI is InChI=1S/C23H21N5O6/c29-14-6-4-13(5-7-14)21-19-20(25-28(21)12-17(30)31)15-2-1-3-16(18(15)22(19)32)24-23(33)26-27-8-10-34-11-9-27/h1-7,29H,8-12H2,(H,30,31)(H2,24,26,33). The van der Waals surface area contributed by atoms with Crippen LogP contribution in [0.2, 0.25) is 0 Å². The normalized spacial score (nSPS) is 15.0. The van der Waals surface area contributed by atoms with Crippen LogP contribution >= 0.6 is 0 Å². The number of fused-ring (bicyclic) bond motifs is 3.